The average molecular weight is 455 g/mol. The SMILES string of the molecule is Clc1ccc2nc(N3CCC(C4OCO4)CC3)nc(NCc3ccc4c(c3)OCO4)c2c1. The predicted octanol–water partition coefficient (Wildman–Crippen LogP) is 4.17. The first-order valence-electron chi connectivity index (χ1n) is 10.8. The largest absolute Gasteiger partial charge is 0.454 e. The molecule has 0 bridgehead atoms. The monoisotopic (exact) mass is 454 g/mol. The van der Waals surface area contributed by atoms with Gasteiger partial charge in [-0.05, 0) is 48.7 Å². The van der Waals surface area contributed by atoms with Crippen LogP contribution in [0.4, 0.5) is 11.8 Å². The summed E-state index contributed by atoms with van der Waals surface area (Å²) in [5, 5.41) is 5.02. The minimum atomic E-state index is -0.0456. The third-order valence-corrected chi connectivity index (χ3v) is 6.45. The number of piperidine rings is 1. The van der Waals surface area contributed by atoms with E-state index in [2.05, 4.69) is 10.2 Å². The lowest BCUT2D eigenvalue weighted by Crippen LogP contribution is -2.44. The van der Waals surface area contributed by atoms with Gasteiger partial charge in [-0.3, -0.25) is 0 Å². The lowest BCUT2D eigenvalue weighted by atomic mass is 9.96. The third-order valence-electron chi connectivity index (χ3n) is 6.21. The molecule has 1 N–H and O–H groups in total. The molecule has 166 valence electrons. The van der Waals surface area contributed by atoms with Crippen molar-refractivity contribution in [1.29, 1.82) is 0 Å². The van der Waals surface area contributed by atoms with Crippen LogP contribution in [-0.4, -0.2) is 42.9 Å². The predicted molar refractivity (Wildman–Crippen MR) is 120 cm³/mol. The van der Waals surface area contributed by atoms with E-state index in [0.717, 1.165) is 65.7 Å². The van der Waals surface area contributed by atoms with E-state index in [-0.39, 0.29) is 13.1 Å². The molecule has 4 heterocycles. The maximum absolute atomic E-state index is 6.28. The Hall–Kier alpha value is -2.81. The zero-order valence-corrected chi connectivity index (χ0v) is 18.2. The molecular formula is C23H23ClN4O4. The number of anilines is 2. The molecule has 0 saturated carbocycles. The van der Waals surface area contributed by atoms with Crippen molar-refractivity contribution in [2.75, 3.05) is 36.9 Å². The van der Waals surface area contributed by atoms with Crippen LogP contribution in [-0.2, 0) is 16.0 Å². The number of hydrogen-bond donors (Lipinski definition) is 1. The van der Waals surface area contributed by atoms with Crippen molar-refractivity contribution in [3.8, 4) is 11.5 Å². The Labute approximate surface area is 190 Å². The summed E-state index contributed by atoms with van der Waals surface area (Å²) in [5.74, 6) is 3.46. The van der Waals surface area contributed by atoms with Crippen molar-refractivity contribution >= 4 is 34.3 Å². The number of rotatable bonds is 5. The fraction of sp³-hybridized carbons (Fsp3) is 0.391. The van der Waals surface area contributed by atoms with E-state index in [9.17, 15) is 0 Å². The van der Waals surface area contributed by atoms with Crippen LogP contribution in [0.15, 0.2) is 36.4 Å². The fourth-order valence-corrected chi connectivity index (χ4v) is 4.56. The van der Waals surface area contributed by atoms with Gasteiger partial charge in [0.25, 0.3) is 0 Å². The van der Waals surface area contributed by atoms with Gasteiger partial charge in [-0.25, -0.2) is 4.98 Å². The summed E-state index contributed by atoms with van der Waals surface area (Å²) in [6, 6.07) is 11.6. The molecule has 3 aromatic rings. The van der Waals surface area contributed by atoms with Crippen LogP contribution in [0.3, 0.4) is 0 Å². The van der Waals surface area contributed by atoms with Gasteiger partial charge in [0, 0.05) is 36.0 Å². The molecule has 0 amide bonds. The maximum atomic E-state index is 6.28. The van der Waals surface area contributed by atoms with Gasteiger partial charge in [-0.1, -0.05) is 17.7 Å². The lowest BCUT2D eigenvalue weighted by molar-refractivity contribution is -0.341. The summed E-state index contributed by atoms with van der Waals surface area (Å²) in [6.07, 6.45) is 1.94. The molecule has 9 heteroatoms. The molecule has 8 nitrogen and oxygen atoms in total. The number of hydrogen-bond acceptors (Lipinski definition) is 8. The van der Waals surface area contributed by atoms with Crippen LogP contribution >= 0.6 is 11.6 Å². The second-order valence-electron chi connectivity index (χ2n) is 8.22. The molecule has 2 saturated heterocycles. The zero-order chi connectivity index (χ0) is 21.5. The summed E-state index contributed by atoms with van der Waals surface area (Å²) in [5.41, 5.74) is 1.94. The summed E-state index contributed by atoms with van der Waals surface area (Å²) >= 11 is 6.28. The third kappa shape index (κ3) is 3.79. The van der Waals surface area contributed by atoms with Crippen LogP contribution in [0.1, 0.15) is 18.4 Å². The van der Waals surface area contributed by atoms with Gasteiger partial charge in [0.1, 0.15) is 5.82 Å². The van der Waals surface area contributed by atoms with E-state index < -0.39 is 0 Å². The van der Waals surface area contributed by atoms with Crippen molar-refractivity contribution in [3.05, 3.63) is 47.0 Å². The number of fused-ring (bicyclic) bond motifs is 2. The quantitative estimate of drug-likeness (QED) is 0.615. The van der Waals surface area contributed by atoms with Crippen molar-refractivity contribution in [2.45, 2.75) is 25.7 Å². The van der Waals surface area contributed by atoms with Crippen molar-refractivity contribution in [3.63, 3.8) is 0 Å². The molecule has 6 rings (SSSR count). The normalized spacial score (nSPS) is 18.7. The van der Waals surface area contributed by atoms with E-state index in [1.54, 1.807) is 0 Å². The molecule has 3 aliphatic heterocycles. The summed E-state index contributed by atoms with van der Waals surface area (Å²) < 4.78 is 21.9. The van der Waals surface area contributed by atoms with Crippen molar-refractivity contribution in [1.82, 2.24) is 9.97 Å². The number of benzene rings is 2. The number of halogens is 1. The van der Waals surface area contributed by atoms with Gasteiger partial charge in [-0.15, -0.1) is 0 Å². The van der Waals surface area contributed by atoms with Crippen molar-refractivity contribution < 1.29 is 18.9 Å². The smallest absolute Gasteiger partial charge is 0.231 e. The number of ether oxygens (including phenoxy) is 4. The standard InChI is InChI=1S/C23H23ClN4O4/c24-16-2-3-18-17(10-16)21(25-11-14-1-4-19-20(9-14)30-12-29-19)27-23(26-18)28-7-5-15(6-8-28)22-31-13-32-22/h1-4,9-10,15,22H,5-8,11-13H2,(H,25,26,27). The van der Waals surface area contributed by atoms with Gasteiger partial charge in [0.2, 0.25) is 12.7 Å². The fourth-order valence-electron chi connectivity index (χ4n) is 4.39. The van der Waals surface area contributed by atoms with E-state index in [1.165, 1.54) is 0 Å². The molecule has 0 atom stereocenters. The van der Waals surface area contributed by atoms with Crippen LogP contribution in [0, 0.1) is 5.92 Å². The van der Waals surface area contributed by atoms with Crippen molar-refractivity contribution in [2.24, 2.45) is 5.92 Å². The average Bonchev–Trinajstić information content (AvgIpc) is 3.25. The molecule has 0 aliphatic carbocycles. The molecule has 2 fully saturated rings. The highest BCUT2D eigenvalue weighted by Gasteiger charge is 2.33. The van der Waals surface area contributed by atoms with Crippen LogP contribution < -0.4 is 19.7 Å². The Balaban J connectivity index is 1.25. The van der Waals surface area contributed by atoms with E-state index in [1.807, 2.05) is 36.4 Å². The second-order valence-corrected chi connectivity index (χ2v) is 8.66. The van der Waals surface area contributed by atoms with Gasteiger partial charge in [-0.2, -0.15) is 4.98 Å². The Bertz CT molecular complexity index is 1150. The molecule has 0 unspecified atom stereocenters. The van der Waals surface area contributed by atoms with Gasteiger partial charge in [0.15, 0.2) is 24.6 Å². The first-order valence-corrected chi connectivity index (χ1v) is 11.2. The molecule has 1 aromatic heterocycles. The van der Waals surface area contributed by atoms with E-state index >= 15 is 0 Å². The first-order chi connectivity index (χ1) is 15.7. The summed E-state index contributed by atoms with van der Waals surface area (Å²) in [6.45, 7) is 3.01. The molecule has 32 heavy (non-hydrogen) atoms. The highest BCUT2D eigenvalue weighted by Crippen LogP contribution is 2.34. The molecule has 0 radical (unpaired) electrons. The maximum Gasteiger partial charge on any atom is 0.231 e. The Morgan fingerprint density at radius 1 is 0.969 bits per heavy atom. The highest BCUT2D eigenvalue weighted by molar-refractivity contribution is 6.31. The van der Waals surface area contributed by atoms with Gasteiger partial charge >= 0.3 is 0 Å². The highest BCUT2D eigenvalue weighted by atomic mass is 35.5. The second kappa shape index (κ2) is 8.27. The van der Waals surface area contributed by atoms with Gasteiger partial charge in [0.05, 0.1) is 5.52 Å². The van der Waals surface area contributed by atoms with Crippen LogP contribution in [0.2, 0.25) is 5.02 Å². The number of nitrogens with zero attached hydrogens (tertiary/aromatic N) is 3. The zero-order valence-electron chi connectivity index (χ0n) is 17.4. The van der Waals surface area contributed by atoms with Crippen LogP contribution in [0.25, 0.3) is 10.9 Å². The molecule has 0 spiro atoms. The molecule has 2 aromatic carbocycles. The number of nitrogens with one attached hydrogen (secondary N) is 1. The van der Waals surface area contributed by atoms with E-state index in [0.29, 0.717) is 24.3 Å². The lowest BCUT2D eigenvalue weighted by Gasteiger charge is -2.39. The molecule has 3 aliphatic rings. The Morgan fingerprint density at radius 3 is 2.62 bits per heavy atom. The first kappa shape index (κ1) is 19.8. The Morgan fingerprint density at radius 2 is 1.81 bits per heavy atom. The van der Waals surface area contributed by atoms with Crippen LogP contribution in [0.5, 0.6) is 11.5 Å². The minimum Gasteiger partial charge on any atom is -0.454 e. The van der Waals surface area contributed by atoms with Gasteiger partial charge < -0.3 is 29.2 Å². The topological polar surface area (TPSA) is 78.0 Å². The van der Waals surface area contributed by atoms with E-state index in [4.69, 9.17) is 40.5 Å². The number of aromatic nitrogens is 2. The summed E-state index contributed by atoms with van der Waals surface area (Å²) in [7, 11) is 0. The summed E-state index contributed by atoms with van der Waals surface area (Å²) in [4.78, 5) is 11.9. The molecular weight excluding hydrogens is 432 g/mol. The minimum absolute atomic E-state index is 0.0456. The Kier molecular flexibility index (Phi) is 5.13.